The van der Waals surface area contributed by atoms with E-state index < -0.39 is 0 Å². The van der Waals surface area contributed by atoms with Crippen molar-refractivity contribution in [2.45, 2.75) is 18.9 Å². The molecule has 3 nitrogen and oxygen atoms in total. The van der Waals surface area contributed by atoms with E-state index in [2.05, 4.69) is 21.0 Å². The smallest absolute Gasteiger partial charge is 0.115 e. The van der Waals surface area contributed by atoms with E-state index in [4.69, 9.17) is 5.73 Å². The summed E-state index contributed by atoms with van der Waals surface area (Å²) in [5.74, 6) is 0. The zero-order valence-electron chi connectivity index (χ0n) is 8.73. The molecule has 82 valence electrons. The highest BCUT2D eigenvalue weighted by molar-refractivity contribution is 9.10. The van der Waals surface area contributed by atoms with Crippen LogP contribution in [-0.2, 0) is 0 Å². The normalized spacial score (nSPS) is 15.3. The standard InChI is InChI=1S/C12H12BrN3/c13-9-3-1-2-8(6-9)12-11(14)7-16(15-12)10-4-5-10/h1-3,6-7,10H,4-5,14H2. The van der Waals surface area contributed by atoms with E-state index in [-0.39, 0.29) is 0 Å². The van der Waals surface area contributed by atoms with Gasteiger partial charge in [0, 0.05) is 16.2 Å². The van der Waals surface area contributed by atoms with Crippen LogP contribution < -0.4 is 5.73 Å². The summed E-state index contributed by atoms with van der Waals surface area (Å²) in [7, 11) is 0. The lowest BCUT2D eigenvalue weighted by atomic mass is 10.1. The molecule has 0 radical (unpaired) electrons. The van der Waals surface area contributed by atoms with E-state index >= 15 is 0 Å². The van der Waals surface area contributed by atoms with Gasteiger partial charge in [-0.05, 0) is 25.0 Å². The number of halogens is 1. The molecule has 16 heavy (non-hydrogen) atoms. The average Bonchev–Trinajstić information content (AvgIpc) is 3.02. The van der Waals surface area contributed by atoms with Gasteiger partial charge in [0.05, 0.1) is 11.7 Å². The molecule has 0 amide bonds. The number of hydrogen-bond donors (Lipinski definition) is 1. The number of anilines is 1. The van der Waals surface area contributed by atoms with Crippen molar-refractivity contribution in [3.05, 3.63) is 34.9 Å². The average molecular weight is 278 g/mol. The molecular weight excluding hydrogens is 266 g/mol. The predicted octanol–water partition coefficient (Wildman–Crippen LogP) is 3.23. The van der Waals surface area contributed by atoms with Crippen LogP contribution in [0.4, 0.5) is 5.69 Å². The van der Waals surface area contributed by atoms with Gasteiger partial charge in [-0.25, -0.2) is 0 Å². The van der Waals surface area contributed by atoms with E-state index in [1.54, 1.807) is 0 Å². The van der Waals surface area contributed by atoms with Gasteiger partial charge >= 0.3 is 0 Å². The molecule has 0 atom stereocenters. The molecule has 1 aromatic heterocycles. The number of rotatable bonds is 2. The molecule has 1 aliphatic carbocycles. The Morgan fingerprint density at radius 2 is 2.19 bits per heavy atom. The lowest BCUT2D eigenvalue weighted by Gasteiger charge is -1.99. The second-order valence-electron chi connectivity index (χ2n) is 4.15. The fraction of sp³-hybridized carbons (Fsp3) is 0.250. The number of nitrogens with two attached hydrogens (primary N) is 1. The first-order valence-electron chi connectivity index (χ1n) is 5.34. The molecule has 0 unspecified atom stereocenters. The van der Waals surface area contributed by atoms with Crippen LogP contribution >= 0.6 is 15.9 Å². The van der Waals surface area contributed by atoms with Crippen LogP contribution in [0.5, 0.6) is 0 Å². The summed E-state index contributed by atoms with van der Waals surface area (Å²) < 4.78 is 3.04. The Balaban J connectivity index is 2.04. The first kappa shape index (κ1) is 9.90. The van der Waals surface area contributed by atoms with Gasteiger partial charge in [0.1, 0.15) is 5.69 Å². The minimum Gasteiger partial charge on any atom is -0.396 e. The van der Waals surface area contributed by atoms with Gasteiger partial charge in [0.25, 0.3) is 0 Å². The Hall–Kier alpha value is -1.29. The maximum absolute atomic E-state index is 5.99. The van der Waals surface area contributed by atoms with Crippen LogP contribution in [0.2, 0.25) is 0 Å². The van der Waals surface area contributed by atoms with Gasteiger partial charge in [0.15, 0.2) is 0 Å². The Bertz CT molecular complexity index is 529. The van der Waals surface area contributed by atoms with Gasteiger partial charge in [-0.3, -0.25) is 4.68 Å². The van der Waals surface area contributed by atoms with Gasteiger partial charge < -0.3 is 5.73 Å². The molecule has 1 aromatic carbocycles. The van der Waals surface area contributed by atoms with Crippen molar-refractivity contribution in [1.82, 2.24) is 9.78 Å². The monoisotopic (exact) mass is 277 g/mol. The molecular formula is C12H12BrN3. The maximum atomic E-state index is 5.99. The highest BCUT2D eigenvalue weighted by Crippen LogP contribution is 2.36. The highest BCUT2D eigenvalue weighted by atomic mass is 79.9. The molecule has 4 heteroatoms. The number of aromatic nitrogens is 2. The molecule has 0 saturated heterocycles. The molecule has 0 bridgehead atoms. The molecule has 2 N–H and O–H groups in total. The molecule has 1 fully saturated rings. The van der Waals surface area contributed by atoms with Gasteiger partial charge in [0.2, 0.25) is 0 Å². The molecule has 0 spiro atoms. The summed E-state index contributed by atoms with van der Waals surface area (Å²) in [4.78, 5) is 0. The predicted molar refractivity (Wildman–Crippen MR) is 68.0 cm³/mol. The van der Waals surface area contributed by atoms with Crippen LogP contribution in [0.1, 0.15) is 18.9 Å². The SMILES string of the molecule is Nc1cn(C2CC2)nc1-c1cccc(Br)c1. The second-order valence-corrected chi connectivity index (χ2v) is 5.07. The lowest BCUT2D eigenvalue weighted by Crippen LogP contribution is -1.93. The zero-order valence-corrected chi connectivity index (χ0v) is 10.3. The Morgan fingerprint density at radius 3 is 2.88 bits per heavy atom. The van der Waals surface area contributed by atoms with Crippen molar-refractivity contribution >= 4 is 21.6 Å². The van der Waals surface area contributed by atoms with E-state index in [9.17, 15) is 0 Å². The van der Waals surface area contributed by atoms with Gasteiger partial charge in [-0.2, -0.15) is 5.10 Å². The Kier molecular flexibility index (Phi) is 2.24. The number of hydrogen-bond acceptors (Lipinski definition) is 2. The van der Waals surface area contributed by atoms with Crippen molar-refractivity contribution in [3.8, 4) is 11.3 Å². The number of benzene rings is 1. The van der Waals surface area contributed by atoms with E-state index in [1.807, 2.05) is 35.1 Å². The summed E-state index contributed by atoms with van der Waals surface area (Å²) in [6, 6.07) is 8.63. The van der Waals surface area contributed by atoms with Crippen molar-refractivity contribution in [2.75, 3.05) is 5.73 Å². The second kappa shape index (κ2) is 3.63. The third kappa shape index (κ3) is 1.73. The third-order valence-electron chi connectivity index (χ3n) is 2.78. The molecule has 1 aliphatic rings. The fourth-order valence-electron chi connectivity index (χ4n) is 1.79. The lowest BCUT2D eigenvalue weighted by molar-refractivity contribution is 0.644. The van der Waals surface area contributed by atoms with Crippen molar-refractivity contribution in [2.24, 2.45) is 0 Å². The molecule has 0 aliphatic heterocycles. The molecule has 2 aromatic rings. The molecule has 3 rings (SSSR count). The van der Waals surface area contributed by atoms with Crippen LogP contribution in [0.3, 0.4) is 0 Å². The largest absolute Gasteiger partial charge is 0.396 e. The summed E-state index contributed by atoms with van der Waals surface area (Å²) in [5, 5.41) is 4.55. The topological polar surface area (TPSA) is 43.8 Å². The maximum Gasteiger partial charge on any atom is 0.115 e. The summed E-state index contributed by atoms with van der Waals surface area (Å²) in [6.07, 6.45) is 4.38. The van der Waals surface area contributed by atoms with Crippen LogP contribution in [0, 0.1) is 0 Å². The minimum atomic E-state index is 0.572. The third-order valence-corrected chi connectivity index (χ3v) is 3.27. The van der Waals surface area contributed by atoms with Gasteiger partial charge in [-0.1, -0.05) is 28.1 Å². The van der Waals surface area contributed by atoms with Crippen LogP contribution in [-0.4, -0.2) is 9.78 Å². The fourth-order valence-corrected chi connectivity index (χ4v) is 2.19. The first-order valence-corrected chi connectivity index (χ1v) is 6.14. The van der Waals surface area contributed by atoms with E-state index in [1.165, 1.54) is 12.8 Å². The summed E-state index contributed by atoms with van der Waals surface area (Å²) in [5.41, 5.74) is 8.69. The van der Waals surface area contributed by atoms with Crippen molar-refractivity contribution in [3.63, 3.8) is 0 Å². The van der Waals surface area contributed by atoms with E-state index in [0.717, 1.165) is 21.4 Å². The number of nitrogen functional groups attached to an aromatic ring is 1. The van der Waals surface area contributed by atoms with Gasteiger partial charge in [-0.15, -0.1) is 0 Å². The van der Waals surface area contributed by atoms with Crippen LogP contribution in [0.15, 0.2) is 34.9 Å². The Labute approximate surface area is 102 Å². The Morgan fingerprint density at radius 1 is 1.38 bits per heavy atom. The zero-order chi connectivity index (χ0) is 11.1. The first-order chi connectivity index (χ1) is 7.74. The van der Waals surface area contributed by atoms with Crippen molar-refractivity contribution in [1.29, 1.82) is 0 Å². The van der Waals surface area contributed by atoms with Crippen LogP contribution in [0.25, 0.3) is 11.3 Å². The highest BCUT2D eigenvalue weighted by Gasteiger charge is 2.25. The summed E-state index contributed by atoms with van der Waals surface area (Å²) >= 11 is 3.46. The van der Waals surface area contributed by atoms with Crippen molar-refractivity contribution < 1.29 is 0 Å². The summed E-state index contributed by atoms with van der Waals surface area (Å²) in [6.45, 7) is 0. The molecule has 1 saturated carbocycles. The number of nitrogens with zero attached hydrogens (tertiary/aromatic N) is 2. The minimum absolute atomic E-state index is 0.572. The quantitative estimate of drug-likeness (QED) is 0.916. The van der Waals surface area contributed by atoms with E-state index in [0.29, 0.717) is 6.04 Å². The molecule has 1 heterocycles.